The number of piperidine rings is 1. The molecule has 0 aliphatic carbocycles. The summed E-state index contributed by atoms with van der Waals surface area (Å²) in [5, 5.41) is 8.53. The van der Waals surface area contributed by atoms with Crippen LogP contribution in [0.5, 0.6) is 0 Å². The molecule has 1 N–H and O–H groups in total. The lowest BCUT2D eigenvalue weighted by Gasteiger charge is -2.33. The van der Waals surface area contributed by atoms with E-state index in [0.717, 1.165) is 18.7 Å². The van der Waals surface area contributed by atoms with E-state index in [1.165, 1.54) is 11.8 Å². The molecule has 0 aromatic carbocycles. The number of anilines is 1. The number of nitrogens with zero attached hydrogens (tertiary/aromatic N) is 5. The van der Waals surface area contributed by atoms with E-state index in [9.17, 15) is 4.79 Å². The molecule has 0 unspecified atom stereocenters. The fourth-order valence-electron chi connectivity index (χ4n) is 2.72. The van der Waals surface area contributed by atoms with Gasteiger partial charge in [0.25, 0.3) is 0 Å². The van der Waals surface area contributed by atoms with Gasteiger partial charge in [0.1, 0.15) is 5.60 Å². The third-order valence-corrected chi connectivity index (χ3v) is 4.44. The zero-order valence-corrected chi connectivity index (χ0v) is 15.8. The van der Waals surface area contributed by atoms with Gasteiger partial charge in [-0.05, 0) is 39.9 Å². The second-order valence-electron chi connectivity index (χ2n) is 7.03. The first-order chi connectivity index (χ1) is 11.9. The van der Waals surface area contributed by atoms with E-state index in [1.807, 2.05) is 33.2 Å². The van der Waals surface area contributed by atoms with Gasteiger partial charge in [0, 0.05) is 31.5 Å². The monoisotopic (exact) mass is 364 g/mol. The SMILES string of the molecule is CSc1nc(NC2CCN(C(=O)OC(C)(C)C)CC2)c2nccn2n1. The van der Waals surface area contributed by atoms with Gasteiger partial charge in [0.15, 0.2) is 11.5 Å². The largest absolute Gasteiger partial charge is 0.444 e. The van der Waals surface area contributed by atoms with Crippen LogP contribution in [0, 0.1) is 0 Å². The van der Waals surface area contributed by atoms with Crippen molar-refractivity contribution in [2.75, 3.05) is 24.7 Å². The van der Waals surface area contributed by atoms with Gasteiger partial charge in [0.05, 0.1) is 0 Å². The molecule has 1 aliphatic heterocycles. The number of likely N-dealkylation sites (tertiary alicyclic amines) is 1. The van der Waals surface area contributed by atoms with Crippen molar-refractivity contribution in [3.8, 4) is 0 Å². The fourth-order valence-corrected chi connectivity index (χ4v) is 3.07. The van der Waals surface area contributed by atoms with Crippen LogP contribution in [0.2, 0.25) is 0 Å². The number of amides is 1. The molecule has 0 saturated carbocycles. The molecule has 0 spiro atoms. The first kappa shape index (κ1) is 17.8. The second-order valence-corrected chi connectivity index (χ2v) is 7.80. The Hall–Kier alpha value is -2.03. The highest BCUT2D eigenvalue weighted by Crippen LogP contribution is 2.21. The Labute approximate surface area is 151 Å². The molecular weight excluding hydrogens is 340 g/mol. The van der Waals surface area contributed by atoms with E-state index in [4.69, 9.17) is 4.74 Å². The zero-order valence-electron chi connectivity index (χ0n) is 15.0. The molecule has 9 heteroatoms. The molecule has 136 valence electrons. The maximum atomic E-state index is 12.1. The predicted octanol–water partition coefficient (Wildman–Crippen LogP) is 2.66. The van der Waals surface area contributed by atoms with Crippen LogP contribution in [0.4, 0.5) is 10.6 Å². The molecule has 1 amide bonds. The van der Waals surface area contributed by atoms with Crippen molar-refractivity contribution < 1.29 is 9.53 Å². The van der Waals surface area contributed by atoms with Gasteiger partial charge in [-0.25, -0.2) is 14.3 Å². The third kappa shape index (κ3) is 4.33. The number of fused-ring (bicyclic) bond motifs is 1. The van der Waals surface area contributed by atoms with E-state index in [-0.39, 0.29) is 12.1 Å². The molecule has 2 aromatic heterocycles. The topological polar surface area (TPSA) is 84.7 Å². The lowest BCUT2D eigenvalue weighted by molar-refractivity contribution is 0.0210. The van der Waals surface area contributed by atoms with E-state index >= 15 is 0 Å². The molecule has 3 heterocycles. The van der Waals surface area contributed by atoms with Crippen LogP contribution in [0.1, 0.15) is 33.6 Å². The molecule has 1 fully saturated rings. The third-order valence-electron chi connectivity index (χ3n) is 3.90. The quantitative estimate of drug-likeness (QED) is 0.838. The minimum atomic E-state index is -0.465. The number of hydrogen-bond donors (Lipinski definition) is 1. The van der Waals surface area contributed by atoms with Gasteiger partial charge in [0.2, 0.25) is 5.16 Å². The first-order valence-corrected chi connectivity index (χ1v) is 9.58. The zero-order chi connectivity index (χ0) is 18.0. The lowest BCUT2D eigenvalue weighted by Crippen LogP contribution is -2.44. The Bertz CT molecular complexity index is 749. The van der Waals surface area contributed by atoms with Gasteiger partial charge in [-0.3, -0.25) is 0 Å². The van der Waals surface area contributed by atoms with Crippen LogP contribution >= 0.6 is 11.8 Å². The van der Waals surface area contributed by atoms with Crippen molar-refractivity contribution in [2.24, 2.45) is 0 Å². The summed E-state index contributed by atoms with van der Waals surface area (Å²) in [5.74, 6) is 0.736. The van der Waals surface area contributed by atoms with Crippen LogP contribution in [-0.4, -0.2) is 61.6 Å². The number of carbonyl (C=O) groups excluding carboxylic acids is 1. The van der Waals surface area contributed by atoms with Gasteiger partial charge >= 0.3 is 6.09 Å². The highest BCUT2D eigenvalue weighted by atomic mass is 32.2. The number of ether oxygens (including phenoxy) is 1. The van der Waals surface area contributed by atoms with Crippen molar-refractivity contribution in [1.82, 2.24) is 24.5 Å². The van der Waals surface area contributed by atoms with Crippen molar-refractivity contribution >= 4 is 29.3 Å². The predicted molar refractivity (Wildman–Crippen MR) is 97.0 cm³/mol. The average molecular weight is 364 g/mol. The van der Waals surface area contributed by atoms with Crippen LogP contribution in [-0.2, 0) is 4.74 Å². The Kier molecular flexibility index (Phi) is 5.03. The van der Waals surface area contributed by atoms with Gasteiger partial charge < -0.3 is 15.0 Å². The molecule has 3 rings (SSSR count). The van der Waals surface area contributed by atoms with Crippen LogP contribution in [0.15, 0.2) is 17.6 Å². The maximum Gasteiger partial charge on any atom is 0.410 e. The molecule has 8 nitrogen and oxygen atoms in total. The molecule has 25 heavy (non-hydrogen) atoms. The second kappa shape index (κ2) is 7.07. The summed E-state index contributed by atoms with van der Waals surface area (Å²) >= 11 is 1.49. The molecule has 1 saturated heterocycles. The van der Waals surface area contributed by atoms with E-state index in [2.05, 4.69) is 20.4 Å². The van der Waals surface area contributed by atoms with Crippen molar-refractivity contribution in [1.29, 1.82) is 0 Å². The summed E-state index contributed by atoms with van der Waals surface area (Å²) in [6.45, 7) is 6.98. The van der Waals surface area contributed by atoms with Crippen LogP contribution in [0.3, 0.4) is 0 Å². The highest BCUT2D eigenvalue weighted by Gasteiger charge is 2.27. The standard InChI is InChI=1S/C16H24N6O2S/c1-16(2,3)24-15(23)21-8-5-11(6-9-21)18-12-13-17-7-10-22(13)20-14(19-12)25-4/h7,10-11H,5-6,8-9H2,1-4H3,(H,18,19,20). The lowest BCUT2D eigenvalue weighted by atomic mass is 10.1. The number of rotatable bonds is 3. The van der Waals surface area contributed by atoms with Gasteiger partial charge in [-0.1, -0.05) is 11.8 Å². The summed E-state index contributed by atoms with van der Waals surface area (Å²) in [6, 6.07) is 0.240. The summed E-state index contributed by atoms with van der Waals surface area (Å²) in [6.07, 6.45) is 6.90. The normalized spacial score (nSPS) is 16.2. The molecule has 0 radical (unpaired) electrons. The molecule has 0 atom stereocenters. The Morgan fingerprint density at radius 2 is 2.08 bits per heavy atom. The van der Waals surface area contributed by atoms with E-state index in [1.54, 1.807) is 15.6 Å². The van der Waals surface area contributed by atoms with Crippen LogP contribution in [0.25, 0.3) is 5.65 Å². The minimum absolute atomic E-state index is 0.240. The molecule has 1 aliphatic rings. The summed E-state index contributed by atoms with van der Waals surface area (Å²) in [5.41, 5.74) is 0.251. The molecule has 0 bridgehead atoms. The van der Waals surface area contributed by atoms with E-state index in [0.29, 0.717) is 23.9 Å². The Morgan fingerprint density at radius 3 is 2.72 bits per heavy atom. The smallest absolute Gasteiger partial charge is 0.410 e. The van der Waals surface area contributed by atoms with Crippen molar-refractivity contribution in [2.45, 2.75) is 50.4 Å². The first-order valence-electron chi connectivity index (χ1n) is 8.35. The highest BCUT2D eigenvalue weighted by molar-refractivity contribution is 7.98. The Morgan fingerprint density at radius 1 is 1.36 bits per heavy atom. The van der Waals surface area contributed by atoms with Gasteiger partial charge in [-0.15, -0.1) is 5.10 Å². The Balaban J connectivity index is 1.63. The maximum absolute atomic E-state index is 12.1. The molecular formula is C16H24N6O2S. The number of hydrogen-bond acceptors (Lipinski definition) is 7. The van der Waals surface area contributed by atoms with Gasteiger partial charge in [-0.2, -0.15) is 4.98 Å². The number of nitrogens with one attached hydrogen (secondary N) is 1. The number of thioether (sulfide) groups is 1. The van der Waals surface area contributed by atoms with Crippen LogP contribution < -0.4 is 5.32 Å². The minimum Gasteiger partial charge on any atom is -0.444 e. The average Bonchev–Trinajstić information content (AvgIpc) is 3.02. The fraction of sp³-hybridized carbons (Fsp3) is 0.625. The molecule has 2 aromatic rings. The van der Waals surface area contributed by atoms with E-state index < -0.39 is 5.60 Å². The summed E-state index contributed by atoms with van der Waals surface area (Å²) in [7, 11) is 0. The van der Waals surface area contributed by atoms with Crippen molar-refractivity contribution in [3.63, 3.8) is 0 Å². The van der Waals surface area contributed by atoms with Crippen molar-refractivity contribution in [3.05, 3.63) is 12.4 Å². The number of imidazole rings is 1. The number of aromatic nitrogens is 4. The summed E-state index contributed by atoms with van der Waals surface area (Å²) in [4.78, 5) is 22.8. The summed E-state index contributed by atoms with van der Waals surface area (Å²) < 4.78 is 7.17. The number of carbonyl (C=O) groups is 1.